The number of hydrogen-bond acceptors (Lipinski definition) is 2. The summed E-state index contributed by atoms with van der Waals surface area (Å²) in [4.78, 5) is 6.90. The van der Waals surface area contributed by atoms with E-state index in [1.807, 2.05) is 25.2 Å². The quantitative estimate of drug-likeness (QED) is 0.516. The molecular formula is C19H29N3O. The highest BCUT2D eigenvalue weighted by atomic mass is 16.5. The third-order valence-electron chi connectivity index (χ3n) is 5.13. The van der Waals surface area contributed by atoms with E-state index in [4.69, 9.17) is 4.74 Å². The molecule has 2 unspecified atom stereocenters. The second-order valence-electron chi connectivity index (χ2n) is 6.72. The largest absolute Gasteiger partial charge is 0.375 e. The van der Waals surface area contributed by atoms with Gasteiger partial charge in [0.05, 0.1) is 13.2 Å². The highest BCUT2D eigenvalue weighted by Crippen LogP contribution is 2.35. The van der Waals surface area contributed by atoms with Crippen LogP contribution in [0, 0.1) is 11.8 Å². The summed E-state index contributed by atoms with van der Waals surface area (Å²) >= 11 is 0. The van der Waals surface area contributed by atoms with Crippen LogP contribution in [0.3, 0.4) is 0 Å². The smallest absolute Gasteiger partial charge is 0.193 e. The number of guanidine groups is 1. The van der Waals surface area contributed by atoms with Crippen LogP contribution in [0.1, 0.15) is 31.2 Å². The van der Waals surface area contributed by atoms with Crippen LogP contribution in [0.2, 0.25) is 0 Å². The summed E-state index contributed by atoms with van der Waals surface area (Å²) in [7, 11) is 1.88. The molecule has 1 saturated carbocycles. The molecule has 0 radical (unpaired) electrons. The van der Waals surface area contributed by atoms with Gasteiger partial charge in [0.2, 0.25) is 0 Å². The van der Waals surface area contributed by atoms with Crippen molar-refractivity contribution in [3.05, 3.63) is 35.9 Å². The van der Waals surface area contributed by atoms with Gasteiger partial charge in [-0.1, -0.05) is 43.2 Å². The zero-order chi connectivity index (χ0) is 15.9. The molecule has 126 valence electrons. The van der Waals surface area contributed by atoms with E-state index in [1.54, 1.807) is 0 Å². The van der Waals surface area contributed by atoms with Crippen LogP contribution < -0.4 is 5.32 Å². The average Bonchev–Trinajstić information content (AvgIpc) is 3.03. The van der Waals surface area contributed by atoms with E-state index in [-0.39, 0.29) is 0 Å². The first-order valence-corrected chi connectivity index (χ1v) is 8.94. The normalized spacial score (nSPS) is 24.6. The van der Waals surface area contributed by atoms with Gasteiger partial charge in [-0.15, -0.1) is 0 Å². The number of hydrogen-bond donors (Lipinski definition) is 1. The Bertz CT molecular complexity index is 489. The molecule has 2 fully saturated rings. The van der Waals surface area contributed by atoms with Crippen molar-refractivity contribution < 1.29 is 4.74 Å². The van der Waals surface area contributed by atoms with Gasteiger partial charge in [-0.2, -0.15) is 0 Å². The summed E-state index contributed by atoms with van der Waals surface area (Å²) < 4.78 is 5.74. The minimum absolute atomic E-state index is 0.676. The van der Waals surface area contributed by atoms with Gasteiger partial charge in [0, 0.05) is 26.7 Å². The van der Waals surface area contributed by atoms with E-state index < -0.39 is 0 Å². The summed E-state index contributed by atoms with van der Waals surface area (Å²) in [5.74, 6) is 2.82. The molecule has 0 spiro atoms. The molecule has 1 aliphatic heterocycles. The number of ether oxygens (including phenoxy) is 1. The van der Waals surface area contributed by atoms with E-state index in [0.29, 0.717) is 13.2 Å². The first kappa shape index (κ1) is 16.3. The van der Waals surface area contributed by atoms with Crippen molar-refractivity contribution in [2.24, 2.45) is 16.8 Å². The van der Waals surface area contributed by atoms with Crippen molar-refractivity contribution in [1.29, 1.82) is 0 Å². The molecular weight excluding hydrogens is 286 g/mol. The van der Waals surface area contributed by atoms with Gasteiger partial charge < -0.3 is 15.0 Å². The summed E-state index contributed by atoms with van der Waals surface area (Å²) in [6.45, 7) is 4.54. The lowest BCUT2D eigenvalue weighted by Gasteiger charge is -2.22. The van der Waals surface area contributed by atoms with E-state index in [0.717, 1.165) is 24.3 Å². The Hall–Kier alpha value is -1.55. The van der Waals surface area contributed by atoms with E-state index in [2.05, 4.69) is 27.3 Å². The van der Waals surface area contributed by atoms with E-state index in [9.17, 15) is 0 Å². The number of aliphatic imine (C=N–C) groups is 1. The first-order valence-electron chi connectivity index (χ1n) is 8.94. The predicted molar refractivity (Wildman–Crippen MR) is 94.5 cm³/mol. The summed E-state index contributed by atoms with van der Waals surface area (Å²) in [5.41, 5.74) is 1.22. The fraction of sp³-hybridized carbons (Fsp3) is 0.632. The molecule has 2 atom stereocenters. The Morgan fingerprint density at radius 3 is 2.52 bits per heavy atom. The van der Waals surface area contributed by atoms with Crippen LogP contribution >= 0.6 is 0 Å². The number of nitrogens with zero attached hydrogens (tertiary/aromatic N) is 2. The molecule has 1 aliphatic carbocycles. The Balaban J connectivity index is 1.37. The minimum Gasteiger partial charge on any atom is -0.375 e. The molecule has 1 aromatic rings. The molecule has 1 aromatic carbocycles. The molecule has 1 saturated heterocycles. The van der Waals surface area contributed by atoms with Crippen molar-refractivity contribution in [1.82, 2.24) is 10.2 Å². The summed E-state index contributed by atoms with van der Waals surface area (Å²) in [6.07, 6.45) is 5.62. The SMILES string of the molecule is CN=C(NCCOCc1ccccc1)N1CC2CCCCC2C1. The van der Waals surface area contributed by atoms with Gasteiger partial charge in [0.25, 0.3) is 0 Å². The zero-order valence-corrected chi connectivity index (χ0v) is 14.2. The molecule has 3 rings (SSSR count). The first-order chi connectivity index (χ1) is 11.4. The van der Waals surface area contributed by atoms with Gasteiger partial charge >= 0.3 is 0 Å². The van der Waals surface area contributed by atoms with Crippen LogP contribution in [-0.2, 0) is 11.3 Å². The Labute approximate surface area is 139 Å². The maximum absolute atomic E-state index is 5.74. The van der Waals surface area contributed by atoms with Crippen molar-refractivity contribution in [2.45, 2.75) is 32.3 Å². The van der Waals surface area contributed by atoms with Crippen LogP contribution in [0.5, 0.6) is 0 Å². The molecule has 0 bridgehead atoms. The van der Waals surface area contributed by atoms with Gasteiger partial charge in [-0.3, -0.25) is 4.99 Å². The fourth-order valence-electron chi connectivity index (χ4n) is 3.91. The Morgan fingerprint density at radius 1 is 1.17 bits per heavy atom. The molecule has 0 amide bonds. The average molecular weight is 315 g/mol. The molecule has 23 heavy (non-hydrogen) atoms. The van der Waals surface area contributed by atoms with Crippen molar-refractivity contribution in [2.75, 3.05) is 33.3 Å². The van der Waals surface area contributed by atoms with E-state index >= 15 is 0 Å². The lowest BCUT2D eigenvalue weighted by molar-refractivity contribution is 0.125. The van der Waals surface area contributed by atoms with Crippen LogP contribution in [-0.4, -0.2) is 44.1 Å². The lowest BCUT2D eigenvalue weighted by Crippen LogP contribution is -2.41. The summed E-state index contributed by atoms with van der Waals surface area (Å²) in [6, 6.07) is 10.3. The van der Waals surface area contributed by atoms with Crippen LogP contribution in [0.25, 0.3) is 0 Å². The molecule has 2 aliphatic rings. The Morgan fingerprint density at radius 2 is 1.87 bits per heavy atom. The molecule has 1 heterocycles. The highest BCUT2D eigenvalue weighted by molar-refractivity contribution is 5.80. The standard InChI is InChI=1S/C19H29N3O/c1-20-19(22-13-17-9-5-6-10-18(17)14-22)21-11-12-23-15-16-7-3-2-4-8-16/h2-4,7-8,17-18H,5-6,9-15H2,1H3,(H,20,21). The number of fused-ring (bicyclic) bond motifs is 1. The van der Waals surface area contributed by atoms with Gasteiger partial charge in [0.15, 0.2) is 5.96 Å². The lowest BCUT2D eigenvalue weighted by atomic mass is 9.82. The van der Waals surface area contributed by atoms with Gasteiger partial charge in [0.1, 0.15) is 0 Å². The van der Waals surface area contributed by atoms with Gasteiger partial charge in [-0.05, 0) is 30.2 Å². The third kappa shape index (κ3) is 4.47. The monoisotopic (exact) mass is 315 g/mol. The summed E-state index contributed by atoms with van der Waals surface area (Å²) in [5, 5.41) is 3.46. The highest BCUT2D eigenvalue weighted by Gasteiger charge is 2.35. The maximum Gasteiger partial charge on any atom is 0.193 e. The Kier molecular flexibility index (Phi) is 5.92. The van der Waals surface area contributed by atoms with E-state index in [1.165, 1.54) is 44.3 Å². The maximum atomic E-state index is 5.74. The zero-order valence-electron chi connectivity index (χ0n) is 14.2. The molecule has 0 aromatic heterocycles. The second-order valence-corrected chi connectivity index (χ2v) is 6.72. The topological polar surface area (TPSA) is 36.9 Å². The van der Waals surface area contributed by atoms with Crippen molar-refractivity contribution >= 4 is 5.96 Å². The minimum atomic E-state index is 0.676. The number of likely N-dealkylation sites (tertiary alicyclic amines) is 1. The van der Waals surface area contributed by atoms with Gasteiger partial charge in [-0.25, -0.2) is 0 Å². The predicted octanol–water partition coefficient (Wildman–Crippen LogP) is 2.90. The third-order valence-corrected chi connectivity index (χ3v) is 5.13. The number of benzene rings is 1. The second kappa shape index (κ2) is 8.34. The number of rotatable bonds is 5. The molecule has 1 N–H and O–H groups in total. The van der Waals surface area contributed by atoms with Crippen molar-refractivity contribution in [3.8, 4) is 0 Å². The van der Waals surface area contributed by atoms with Crippen molar-refractivity contribution in [3.63, 3.8) is 0 Å². The fourth-order valence-corrected chi connectivity index (χ4v) is 3.91. The van der Waals surface area contributed by atoms with Crippen LogP contribution in [0.15, 0.2) is 35.3 Å². The number of nitrogens with one attached hydrogen (secondary N) is 1. The van der Waals surface area contributed by atoms with Crippen LogP contribution in [0.4, 0.5) is 0 Å². The molecule has 4 heteroatoms. The molecule has 4 nitrogen and oxygen atoms in total.